The predicted molar refractivity (Wildman–Crippen MR) is 173 cm³/mol. The normalized spacial score (nSPS) is 38.9. The lowest BCUT2D eigenvalue weighted by Gasteiger charge is -2.58. The molecule has 0 spiro atoms. The van der Waals surface area contributed by atoms with E-state index in [-0.39, 0.29) is 12.0 Å². The number of carbonyl (C=O) groups is 7. The Bertz CT molecular complexity index is 1640. The topological polar surface area (TPSA) is 195 Å². The largest absolute Gasteiger partial charge is 0.461 e. The molecule has 4 aliphatic rings. The third-order valence-corrected chi connectivity index (χ3v) is 11.4. The Balaban J connectivity index is 1.90. The molecule has 0 saturated heterocycles. The minimum absolute atomic E-state index is 0.180. The maximum atomic E-state index is 14.5. The van der Waals surface area contributed by atoms with Crippen molar-refractivity contribution < 1.29 is 67.1 Å². The summed E-state index contributed by atoms with van der Waals surface area (Å²) in [5, 5.41) is 13.3. The van der Waals surface area contributed by atoms with Crippen molar-refractivity contribution in [3.63, 3.8) is 0 Å². The molecule has 14 nitrogen and oxygen atoms in total. The van der Waals surface area contributed by atoms with Crippen LogP contribution in [-0.2, 0) is 57.2 Å². The molecule has 4 fully saturated rings. The lowest BCUT2D eigenvalue weighted by molar-refractivity contribution is -0.276. The van der Waals surface area contributed by atoms with Gasteiger partial charge in [-0.05, 0) is 38.3 Å². The summed E-state index contributed by atoms with van der Waals surface area (Å²) in [6.07, 6.45) is -8.24. The molecule has 0 heterocycles. The third-order valence-electron chi connectivity index (χ3n) is 11.4. The second-order valence-corrected chi connectivity index (χ2v) is 15.3. The smallest absolute Gasteiger partial charge is 0.338 e. The molecule has 2 bridgehead atoms. The Morgan fingerprint density at radius 1 is 0.686 bits per heavy atom. The molecule has 0 aromatic heterocycles. The zero-order valence-electron chi connectivity index (χ0n) is 30.3. The van der Waals surface area contributed by atoms with Gasteiger partial charge < -0.3 is 33.5 Å². The number of benzene rings is 1. The van der Waals surface area contributed by atoms with Crippen LogP contribution < -0.4 is 0 Å². The monoisotopic (exact) mass is 714 g/mol. The fraction of sp³-hybridized carbons (Fsp3) is 0.649. The first-order valence-electron chi connectivity index (χ1n) is 17.0. The van der Waals surface area contributed by atoms with Gasteiger partial charge in [-0.1, -0.05) is 32.0 Å². The number of carbonyl (C=O) groups excluding carboxylic acids is 7. The summed E-state index contributed by atoms with van der Waals surface area (Å²) in [5.74, 6) is -9.88. The van der Waals surface area contributed by atoms with Crippen molar-refractivity contribution in [3.8, 4) is 0 Å². The highest BCUT2D eigenvalue weighted by atomic mass is 16.6. The van der Waals surface area contributed by atoms with Gasteiger partial charge in [-0.15, -0.1) is 0 Å². The van der Waals surface area contributed by atoms with Gasteiger partial charge in [-0.2, -0.15) is 0 Å². The maximum absolute atomic E-state index is 14.5. The first-order valence-corrected chi connectivity index (χ1v) is 17.0. The Kier molecular flexibility index (Phi) is 9.68. The molecule has 1 aromatic carbocycles. The van der Waals surface area contributed by atoms with Crippen LogP contribution in [0, 0.1) is 34.5 Å². The van der Waals surface area contributed by atoms with Crippen LogP contribution in [0.1, 0.15) is 85.5 Å². The van der Waals surface area contributed by atoms with Crippen LogP contribution in [0.25, 0.3) is 0 Å². The van der Waals surface area contributed by atoms with Crippen molar-refractivity contribution in [3.05, 3.63) is 35.9 Å². The molecule has 1 aromatic rings. The highest BCUT2D eigenvalue weighted by molar-refractivity contribution is 5.91. The molecular weight excluding hydrogens is 668 g/mol. The van der Waals surface area contributed by atoms with Crippen molar-refractivity contribution in [2.45, 2.75) is 117 Å². The van der Waals surface area contributed by atoms with Gasteiger partial charge in [-0.3, -0.25) is 28.8 Å². The molecule has 0 aliphatic heterocycles. The van der Waals surface area contributed by atoms with E-state index in [1.165, 1.54) is 26.0 Å². The number of fused-ring (bicyclic) bond motifs is 5. The van der Waals surface area contributed by atoms with E-state index in [0.29, 0.717) is 0 Å². The van der Waals surface area contributed by atoms with E-state index in [4.69, 9.17) is 28.4 Å². The van der Waals surface area contributed by atoms with E-state index in [0.717, 1.165) is 27.7 Å². The van der Waals surface area contributed by atoms with Crippen LogP contribution >= 0.6 is 0 Å². The minimum Gasteiger partial charge on any atom is -0.461 e. The summed E-state index contributed by atoms with van der Waals surface area (Å²) in [6, 6.07) is 8.04. The van der Waals surface area contributed by atoms with Crippen molar-refractivity contribution in [1.29, 1.82) is 0 Å². The van der Waals surface area contributed by atoms with Crippen molar-refractivity contribution >= 4 is 41.6 Å². The zero-order valence-corrected chi connectivity index (χ0v) is 30.3. The lowest BCUT2D eigenvalue weighted by atomic mass is 9.53. The minimum atomic E-state index is -2.26. The molecule has 278 valence electrons. The van der Waals surface area contributed by atoms with Gasteiger partial charge >= 0.3 is 35.8 Å². The van der Waals surface area contributed by atoms with Crippen molar-refractivity contribution in [2.75, 3.05) is 0 Å². The average Bonchev–Trinajstić information content (AvgIpc) is 3.36. The number of aliphatic hydroxyl groups is 1. The first-order chi connectivity index (χ1) is 23.6. The Labute approximate surface area is 295 Å². The molecular formula is C37H46O14. The van der Waals surface area contributed by atoms with Crippen LogP contribution in [-0.4, -0.2) is 88.4 Å². The number of rotatable bonds is 7. The fourth-order valence-corrected chi connectivity index (χ4v) is 10.0. The van der Waals surface area contributed by atoms with Gasteiger partial charge in [0.25, 0.3) is 0 Å². The summed E-state index contributed by atoms with van der Waals surface area (Å²) < 4.78 is 36.4. The summed E-state index contributed by atoms with van der Waals surface area (Å²) >= 11 is 0. The number of hydrogen-bond acceptors (Lipinski definition) is 14. The molecule has 0 radical (unpaired) electrons. The van der Waals surface area contributed by atoms with Gasteiger partial charge in [0.15, 0.2) is 17.8 Å². The van der Waals surface area contributed by atoms with Crippen LogP contribution in [0.3, 0.4) is 0 Å². The standard InChI is InChI=1S/C37H46O14/c1-17-15-36(45)26(27(17)50-31(44)23-13-11-10-12-14-23)30(47-19(3)39)37(51-22(6)42)16-24-25(29(46-18(2)38)34(7,8)28(24)43)35(9,32(36)48-20(4)40)33(37)49-21(5)41/h10-14,17,24-27,29-30,32-33,45H,15-16H2,1-9H3/t17-,24+,25+,26+,27-,29-,30+,32+,33?,35+,36+,37+/m1/s1. The van der Waals surface area contributed by atoms with Gasteiger partial charge in [0.2, 0.25) is 0 Å². The quantitative estimate of drug-likeness (QED) is 0.320. The van der Waals surface area contributed by atoms with Crippen LogP contribution in [0.2, 0.25) is 0 Å². The van der Waals surface area contributed by atoms with Gasteiger partial charge in [0.1, 0.15) is 29.7 Å². The third kappa shape index (κ3) is 5.98. The van der Waals surface area contributed by atoms with Crippen LogP contribution in [0.5, 0.6) is 0 Å². The van der Waals surface area contributed by atoms with Gasteiger partial charge in [0, 0.05) is 52.9 Å². The summed E-state index contributed by atoms with van der Waals surface area (Å²) in [4.78, 5) is 93.4. The van der Waals surface area contributed by atoms with E-state index < -0.39 is 124 Å². The molecule has 4 aliphatic carbocycles. The highest BCUT2D eigenvalue weighted by Gasteiger charge is 2.84. The molecule has 14 heteroatoms. The zero-order chi connectivity index (χ0) is 38.0. The fourth-order valence-electron chi connectivity index (χ4n) is 10.0. The van der Waals surface area contributed by atoms with Gasteiger partial charge in [-0.25, -0.2) is 4.79 Å². The van der Waals surface area contributed by atoms with E-state index >= 15 is 0 Å². The highest BCUT2D eigenvalue weighted by Crippen LogP contribution is 2.69. The van der Waals surface area contributed by atoms with E-state index in [9.17, 15) is 38.7 Å². The Morgan fingerprint density at radius 3 is 1.75 bits per heavy atom. The van der Waals surface area contributed by atoms with Crippen LogP contribution in [0.4, 0.5) is 0 Å². The lowest BCUT2D eigenvalue weighted by Crippen LogP contribution is -2.71. The summed E-state index contributed by atoms with van der Waals surface area (Å²) in [7, 11) is 0. The molecule has 4 saturated carbocycles. The number of ether oxygens (including phenoxy) is 6. The number of Topliss-reactive ketones (excluding diaryl/α,β-unsaturated/α-hetero) is 1. The van der Waals surface area contributed by atoms with Crippen molar-refractivity contribution in [1.82, 2.24) is 0 Å². The second kappa shape index (κ2) is 13.0. The number of hydrogen-bond donors (Lipinski definition) is 1. The van der Waals surface area contributed by atoms with E-state index in [2.05, 4.69) is 0 Å². The average molecular weight is 715 g/mol. The number of ketones is 1. The van der Waals surface area contributed by atoms with E-state index in [1.54, 1.807) is 39.0 Å². The Morgan fingerprint density at radius 2 is 1.22 bits per heavy atom. The molecule has 5 rings (SSSR count). The second-order valence-electron chi connectivity index (χ2n) is 15.3. The number of esters is 6. The SMILES string of the molecule is CC(=O)OC1[C@@]2(C)[C@H]3[C@H](C[C@]1(OC(C)=O)[C@@H](OC(C)=O)[C@@H]1[C@H](OC(=O)c4ccccc4)[C@H](C)C[C@@]1(O)[C@H]2OC(C)=O)C(=O)C(C)(C)[C@@H]3OC(C)=O. The molecule has 12 atom stereocenters. The van der Waals surface area contributed by atoms with E-state index in [1.807, 2.05) is 0 Å². The molecule has 1 unspecified atom stereocenters. The van der Waals surface area contributed by atoms with Crippen LogP contribution in [0.15, 0.2) is 30.3 Å². The van der Waals surface area contributed by atoms with Gasteiger partial charge in [0.05, 0.1) is 22.3 Å². The predicted octanol–water partition coefficient (Wildman–Crippen LogP) is 2.89. The summed E-state index contributed by atoms with van der Waals surface area (Å²) in [5.41, 5.74) is -7.57. The first kappa shape index (κ1) is 37.9. The summed E-state index contributed by atoms with van der Waals surface area (Å²) in [6.45, 7) is 11.9. The molecule has 1 N–H and O–H groups in total. The molecule has 51 heavy (non-hydrogen) atoms. The molecule has 0 amide bonds. The van der Waals surface area contributed by atoms with Crippen molar-refractivity contribution in [2.24, 2.45) is 34.5 Å². The maximum Gasteiger partial charge on any atom is 0.338 e. The Hall–Kier alpha value is -4.33.